The number of rotatable bonds is 8. The van der Waals surface area contributed by atoms with Crippen LogP contribution in [0.1, 0.15) is 24.5 Å². The number of hydrogen-bond acceptors (Lipinski definition) is 3. The summed E-state index contributed by atoms with van der Waals surface area (Å²) in [6.45, 7) is 5.71. The fraction of sp³-hybridized carbons (Fsp3) is 0.333. The lowest BCUT2D eigenvalue weighted by Gasteiger charge is -2.23. The molecule has 0 aliphatic heterocycles. The minimum atomic E-state index is 0. The third-order valence-electron chi connectivity index (χ3n) is 4.17. The first-order chi connectivity index (χ1) is 12.8. The highest BCUT2D eigenvalue weighted by atomic mass is 127. The number of nitriles is 1. The van der Waals surface area contributed by atoms with Crippen LogP contribution < -0.4 is 15.5 Å². The summed E-state index contributed by atoms with van der Waals surface area (Å²) in [6.07, 6.45) is 1.03. The van der Waals surface area contributed by atoms with Gasteiger partial charge in [-0.3, -0.25) is 4.99 Å². The molecule has 0 heterocycles. The van der Waals surface area contributed by atoms with Crippen molar-refractivity contribution < 1.29 is 0 Å². The van der Waals surface area contributed by atoms with Gasteiger partial charge in [0, 0.05) is 38.9 Å². The van der Waals surface area contributed by atoms with Crippen molar-refractivity contribution in [3.63, 3.8) is 0 Å². The van der Waals surface area contributed by atoms with Crippen LogP contribution >= 0.6 is 24.0 Å². The van der Waals surface area contributed by atoms with Crippen molar-refractivity contribution in [1.29, 1.82) is 5.26 Å². The van der Waals surface area contributed by atoms with Crippen molar-refractivity contribution in [2.24, 2.45) is 4.99 Å². The number of nitrogens with one attached hydrogen (secondary N) is 2. The zero-order valence-corrected chi connectivity index (χ0v) is 18.3. The third-order valence-corrected chi connectivity index (χ3v) is 4.17. The van der Waals surface area contributed by atoms with E-state index in [9.17, 15) is 0 Å². The van der Waals surface area contributed by atoms with Crippen LogP contribution in [0.2, 0.25) is 0 Å². The Morgan fingerprint density at radius 1 is 1.07 bits per heavy atom. The van der Waals surface area contributed by atoms with E-state index in [-0.39, 0.29) is 24.0 Å². The van der Waals surface area contributed by atoms with Crippen LogP contribution in [0.3, 0.4) is 0 Å². The number of aliphatic imine (C=N–C) groups is 1. The lowest BCUT2D eigenvalue weighted by Crippen LogP contribution is -2.38. The van der Waals surface area contributed by atoms with Gasteiger partial charge in [0.05, 0.1) is 11.6 Å². The molecule has 0 radical (unpaired) electrons. The molecule has 27 heavy (non-hydrogen) atoms. The lowest BCUT2D eigenvalue weighted by atomic mass is 10.1. The molecule has 0 saturated heterocycles. The summed E-state index contributed by atoms with van der Waals surface area (Å²) in [6, 6.07) is 20.2. The highest BCUT2D eigenvalue weighted by Gasteiger charge is 2.03. The van der Waals surface area contributed by atoms with Gasteiger partial charge in [0.15, 0.2) is 5.96 Å². The molecule has 5 nitrogen and oxygen atoms in total. The van der Waals surface area contributed by atoms with Gasteiger partial charge in [0.25, 0.3) is 0 Å². The van der Waals surface area contributed by atoms with Gasteiger partial charge in [-0.05, 0) is 43.2 Å². The molecular formula is C21H28IN5. The molecular weight excluding hydrogens is 449 g/mol. The number of anilines is 1. The number of halogens is 1. The highest BCUT2D eigenvalue weighted by molar-refractivity contribution is 14.0. The first-order valence-electron chi connectivity index (χ1n) is 9.00. The molecule has 0 amide bonds. The minimum Gasteiger partial charge on any atom is -0.372 e. The van der Waals surface area contributed by atoms with E-state index in [1.165, 1.54) is 5.69 Å². The molecule has 6 heteroatoms. The maximum Gasteiger partial charge on any atom is 0.191 e. The van der Waals surface area contributed by atoms with Crippen molar-refractivity contribution in [3.05, 3.63) is 65.7 Å². The van der Waals surface area contributed by atoms with E-state index in [0.717, 1.165) is 37.6 Å². The second kappa shape index (κ2) is 13.0. The molecule has 0 aromatic heterocycles. The van der Waals surface area contributed by atoms with E-state index in [0.29, 0.717) is 12.1 Å². The molecule has 0 unspecified atom stereocenters. The Morgan fingerprint density at radius 3 is 2.37 bits per heavy atom. The van der Waals surface area contributed by atoms with Crippen LogP contribution in [0.25, 0.3) is 0 Å². The zero-order chi connectivity index (χ0) is 18.6. The number of hydrogen-bond donors (Lipinski definition) is 2. The zero-order valence-electron chi connectivity index (χ0n) is 16.0. The first kappa shape index (κ1) is 22.8. The van der Waals surface area contributed by atoms with Crippen molar-refractivity contribution in [3.8, 4) is 6.07 Å². The van der Waals surface area contributed by atoms with E-state index in [1.54, 1.807) is 7.05 Å². The second-order valence-corrected chi connectivity index (χ2v) is 5.93. The van der Waals surface area contributed by atoms with E-state index in [1.807, 2.05) is 30.3 Å². The molecule has 0 fully saturated rings. The van der Waals surface area contributed by atoms with Gasteiger partial charge in [0.2, 0.25) is 0 Å². The quantitative estimate of drug-likeness (QED) is 0.263. The predicted molar refractivity (Wildman–Crippen MR) is 124 cm³/mol. The molecule has 0 aliphatic rings. The van der Waals surface area contributed by atoms with E-state index < -0.39 is 0 Å². The Hall–Kier alpha value is -2.27. The van der Waals surface area contributed by atoms with Crippen LogP contribution in [-0.2, 0) is 6.54 Å². The summed E-state index contributed by atoms with van der Waals surface area (Å²) in [5, 5.41) is 15.5. The van der Waals surface area contributed by atoms with E-state index in [2.05, 4.69) is 57.8 Å². The minimum absolute atomic E-state index is 0. The Kier molecular flexibility index (Phi) is 10.9. The third kappa shape index (κ3) is 7.87. The highest BCUT2D eigenvalue weighted by Crippen LogP contribution is 2.12. The van der Waals surface area contributed by atoms with Gasteiger partial charge in [-0.25, -0.2) is 0 Å². The lowest BCUT2D eigenvalue weighted by molar-refractivity contribution is 0.708. The largest absolute Gasteiger partial charge is 0.372 e. The second-order valence-electron chi connectivity index (χ2n) is 5.93. The normalized spacial score (nSPS) is 10.5. The maximum atomic E-state index is 8.84. The molecule has 2 rings (SSSR count). The molecule has 0 bridgehead atoms. The van der Waals surface area contributed by atoms with Crippen molar-refractivity contribution in [1.82, 2.24) is 10.6 Å². The molecule has 0 aliphatic carbocycles. The average molecular weight is 477 g/mol. The number of nitrogens with zero attached hydrogens (tertiary/aromatic N) is 3. The van der Waals surface area contributed by atoms with Crippen LogP contribution in [0, 0.1) is 11.3 Å². The SMILES string of the molecule is CCN(CCCNC(=NC)NCc1ccc(C#N)cc1)c1ccccc1.I. The van der Waals surface area contributed by atoms with Crippen LogP contribution in [0.4, 0.5) is 5.69 Å². The van der Waals surface area contributed by atoms with Gasteiger partial charge in [-0.15, -0.1) is 24.0 Å². The van der Waals surface area contributed by atoms with Crippen molar-refractivity contribution >= 4 is 35.6 Å². The molecule has 2 aromatic carbocycles. The fourth-order valence-electron chi connectivity index (χ4n) is 2.69. The fourth-order valence-corrected chi connectivity index (χ4v) is 2.69. The summed E-state index contributed by atoms with van der Waals surface area (Å²) in [5.74, 6) is 0.789. The smallest absolute Gasteiger partial charge is 0.191 e. The van der Waals surface area contributed by atoms with Crippen LogP contribution in [-0.4, -0.2) is 32.6 Å². The van der Waals surface area contributed by atoms with Gasteiger partial charge in [0.1, 0.15) is 0 Å². The predicted octanol–water partition coefficient (Wildman–Crippen LogP) is 3.76. The summed E-state index contributed by atoms with van der Waals surface area (Å²) < 4.78 is 0. The van der Waals surface area contributed by atoms with Gasteiger partial charge in [-0.1, -0.05) is 30.3 Å². The monoisotopic (exact) mass is 477 g/mol. The summed E-state index contributed by atoms with van der Waals surface area (Å²) in [5.41, 5.74) is 3.06. The molecule has 0 spiro atoms. The summed E-state index contributed by atoms with van der Waals surface area (Å²) in [7, 11) is 1.77. The molecule has 0 saturated carbocycles. The number of guanidine groups is 1. The Labute approximate surface area is 179 Å². The van der Waals surface area contributed by atoms with Gasteiger partial charge < -0.3 is 15.5 Å². The standard InChI is InChI=1S/C21H27N5.HI/c1-3-26(20-8-5-4-6-9-20)15-7-14-24-21(23-2)25-17-19-12-10-18(16-22)11-13-19;/h4-6,8-13H,3,7,14-15,17H2,1-2H3,(H2,23,24,25);1H. The maximum absolute atomic E-state index is 8.84. The molecule has 2 N–H and O–H groups in total. The van der Waals surface area contributed by atoms with Gasteiger partial charge in [-0.2, -0.15) is 5.26 Å². The Balaban J connectivity index is 0.00000364. The van der Waals surface area contributed by atoms with E-state index in [4.69, 9.17) is 5.26 Å². The summed E-state index contributed by atoms with van der Waals surface area (Å²) >= 11 is 0. The number of para-hydroxylation sites is 1. The molecule has 2 aromatic rings. The summed E-state index contributed by atoms with van der Waals surface area (Å²) in [4.78, 5) is 6.63. The Bertz CT molecular complexity index is 722. The first-order valence-corrected chi connectivity index (χ1v) is 9.00. The Morgan fingerprint density at radius 2 is 1.78 bits per heavy atom. The van der Waals surface area contributed by atoms with Crippen molar-refractivity contribution in [2.45, 2.75) is 19.9 Å². The average Bonchev–Trinajstić information content (AvgIpc) is 2.71. The van der Waals surface area contributed by atoms with Crippen LogP contribution in [0.15, 0.2) is 59.6 Å². The number of benzene rings is 2. The van der Waals surface area contributed by atoms with E-state index >= 15 is 0 Å². The molecule has 144 valence electrons. The molecule has 0 atom stereocenters. The van der Waals surface area contributed by atoms with Crippen LogP contribution in [0.5, 0.6) is 0 Å². The van der Waals surface area contributed by atoms with Gasteiger partial charge >= 0.3 is 0 Å². The topological polar surface area (TPSA) is 63.4 Å². The van der Waals surface area contributed by atoms with Crippen molar-refractivity contribution in [2.75, 3.05) is 31.6 Å².